The first kappa shape index (κ1) is 14.0. The van der Waals surface area contributed by atoms with Crippen molar-refractivity contribution in [2.24, 2.45) is 0 Å². The van der Waals surface area contributed by atoms with Crippen LogP contribution in [0.3, 0.4) is 0 Å². The summed E-state index contributed by atoms with van der Waals surface area (Å²) in [5.74, 6) is 2.10. The molecule has 1 aliphatic heterocycles. The summed E-state index contributed by atoms with van der Waals surface area (Å²) >= 11 is 0. The predicted molar refractivity (Wildman–Crippen MR) is 65.6 cm³/mol. The zero-order chi connectivity index (χ0) is 12.9. The Balaban J connectivity index is 2.73. The van der Waals surface area contributed by atoms with Crippen LogP contribution in [0.5, 0.6) is 0 Å². The molecule has 0 spiro atoms. The molecule has 0 aromatic rings. The summed E-state index contributed by atoms with van der Waals surface area (Å²) in [7, 11) is -3.31. The quantitative estimate of drug-likeness (QED) is 0.703. The molecule has 1 atom stereocenters. The average Bonchev–Trinajstić information content (AvgIpc) is 2.75. The van der Waals surface area contributed by atoms with E-state index < -0.39 is 16.1 Å². The van der Waals surface area contributed by atoms with Crippen LogP contribution in [-0.4, -0.2) is 43.5 Å². The van der Waals surface area contributed by atoms with Crippen LogP contribution in [0.2, 0.25) is 0 Å². The molecule has 96 valence electrons. The Morgan fingerprint density at radius 2 is 2.29 bits per heavy atom. The van der Waals surface area contributed by atoms with Crippen molar-refractivity contribution in [3.63, 3.8) is 0 Å². The number of carbonyl (C=O) groups is 1. The molecule has 1 rings (SSSR count). The fraction of sp³-hybridized carbons (Fsp3) is 0.727. The van der Waals surface area contributed by atoms with Crippen LogP contribution >= 0.6 is 0 Å². The summed E-state index contributed by atoms with van der Waals surface area (Å²) in [4.78, 5) is 11.8. The fourth-order valence-corrected chi connectivity index (χ4v) is 3.71. The number of rotatable bonds is 5. The molecular weight excluding hydrogens is 240 g/mol. The van der Waals surface area contributed by atoms with Crippen molar-refractivity contribution in [3.05, 3.63) is 0 Å². The Bertz CT molecular complexity index is 411. The Hall–Kier alpha value is -1.06. The number of amides is 1. The smallest absolute Gasteiger partial charge is 0.239 e. The zero-order valence-corrected chi connectivity index (χ0v) is 10.8. The van der Waals surface area contributed by atoms with Crippen LogP contribution in [0.1, 0.15) is 26.2 Å². The van der Waals surface area contributed by atoms with Gasteiger partial charge in [0.1, 0.15) is 6.04 Å². The second-order valence-electron chi connectivity index (χ2n) is 4.01. The molecule has 6 heteroatoms. The molecule has 1 N–H and O–H groups in total. The molecule has 5 nitrogen and oxygen atoms in total. The van der Waals surface area contributed by atoms with Gasteiger partial charge in [-0.15, -0.1) is 6.42 Å². The van der Waals surface area contributed by atoms with Gasteiger partial charge in [0.2, 0.25) is 15.9 Å². The highest BCUT2D eigenvalue weighted by Crippen LogP contribution is 2.21. The molecule has 1 saturated heterocycles. The minimum Gasteiger partial charge on any atom is -0.344 e. The Morgan fingerprint density at radius 3 is 2.88 bits per heavy atom. The molecule has 0 bridgehead atoms. The van der Waals surface area contributed by atoms with Crippen LogP contribution in [0.25, 0.3) is 0 Å². The molecule has 17 heavy (non-hydrogen) atoms. The van der Waals surface area contributed by atoms with Gasteiger partial charge < -0.3 is 5.32 Å². The van der Waals surface area contributed by atoms with E-state index in [9.17, 15) is 13.2 Å². The largest absolute Gasteiger partial charge is 0.344 e. The average molecular weight is 258 g/mol. The summed E-state index contributed by atoms with van der Waals surface area (Å²) in [6.45, 7) is 2.37. The molecule has 0 aliphatic carbocycles. The van der Waals surface area contributed by atoms with Crippen molar-refractivity contribution < 1.29 is 13.2 Å². The van der Waals surface area contributed by atoms with Crippen molar-refractivity contribution in [1.82, 2.24) is 9.62 Å². The third-order valence-corrected chi connectivity index (χ3v) is 4.77. The van der Waals surface area contributed by atoms with Gasteiger partial charge in [-0.2, -0.15) is 4.31 Å². The van der Waals surface area contributed by atoms with Gasteiger partial charge in [0.15, 0.2) is 0 Å². The lowest BCUT2D eigenvalue weighted by molar-refractivity contribution is -0.123. The maximum Gasteiger partial charge on any atom is 0.239 e. The van der Waals surface area contributed by atoms with E-state index in [0.29, 0.717) is 19.4 Å². The van der Waals surface area contributed by atoms with Gasteiger partial charge in [0.05, 0.1) is 12.3 Å². The van der Waals surface area contributed by atoms with Crippen LogP contribution < -0.4 is 5.32 Å². The van der Waals surface area contributed by atoms with Crippen molar-refractivity contribution in [2.45, 2.75) is 32.2 Å². The van der Waals surface area contributed by atoms with E-state index in [0.717, 1.165) is 6.42 Å². The number of hydrogen-bond donors (Lipinski definition) is 1. The third-order valence-electron chi connectivity index (χ3n) is 2.69. The third kappa shape index (κ3) is 3.45. The van der Waals surface area contributed by atoms with Crippen molar-refractivity contribution in [2.75, 3.05) is 18.8 Å². The highest BCUT2D eigenvalue weighted by molar-refractivity contribution is 7.89. The molecule has 1 unspecified atom stereocenters. The van der Waals surface area contributed by atoms with E-state index in [1.54, 1.807) is 6.92 Å². The number of nitrogens with one attached hydrogen (secondary N) is 1. The normalized spacial score (nSPS) is 21.1. The van der Waals surface area contributed by atoms with Gasteiger partial charge in [0.25, 0.3) is 0 Å². The number of nitrogens with zero attached hydrogens (tertiary/aromatic N) is 1. The van der Waals surface area contributed by atoms with E-state index in [4.69, 9.17) is 6.42 Å². The molecule has 0 aromatic heterocycles. The minimum absolute atomic E-state index is 0.0892. The lowest BCUT2D eigenvalue weighted by Gasteiger charge is -2.22. The number of hydrogen-bond acceptors (Lipinski definition) is 3. The number of terminal acetylenes is 1. The monoisotopic (exact) mass is 258 g/mol. The first-order valence-corrected chi connectivity index (χ1v) is 7.34. The molecule has 1 aliphatic rings. The molecule has 0 aromatic carbocycles. The predicted octanol–water partition coefficient (Wildman–Crippen LogP) is -0.0600. The topological polar surface area (TPSA) is 66.5 Å². The van der Waals surface area contributed by atoms with E-state index in [1.807, 2.05) is 0 Å². The first-order chi connectivity index (χ1) is 8.03. The summed E-state index contributed by atoms with van der Waals surface area (Å²) < 4.78 is 25.2. The second-order valence-corrected chi connectivity index (χ2v) is 6.05. The van der Waals surface area contributed by atoms with E-state index >= 15 is 0 Å². The molecule has 1 heterocycles. The van der Waals surface area contributed by atoms with Gasteiger partial charge in [-0.05, 0) is 19.3 Å². The van der Waals surface area contributed by atoms with Gasteiger partial charge in [0, 0.05) is 6.54 Å². The van der Waals surface area contributed by atoms with Gasteiger partial charge in [-0.25, -0.2) is 8.42 Å². The van der Waals surface area contributed by atoms with Crippen LogP contribution in [-0.2, 0) is 14.8 Å². The molecule has 1 amide bonds. The first-order valence-electron chi connectivity index (χ1n) is 5.73. The highest BCUT2D eigenvalue weighted by Gasteiger charge is 2.37. The molecule has 0 saturated carbocycles. The summed E-state index contributed by atoms with van der Waals surface area (Å²) in [5, 5.41) is 2.54. The number of carbonyl (C=O) groups excluding carboxylic acids is 1. The standard InChI is InChI=1S/C11H18N2O3S/c1-3-7-12-11(14)10-6-5-8-13(10)17(15,16)9-4-2/h1,10H,4-9H2,2H3,(H,12,14). The van der Waals surface area contributed by atoms with Gasteiger partial charge in [-0.1, -0.05) is 12.8 Å². The SMILES string of the molecule is C#CCNC(=O)C1CCCN1S(=O)(=O)CCC. The van der Waals surface area contributed by atoms with Gasteiger partial charge in [-0.3, -0.25) is 4.79 Å². The Morgan fingerprint density at radius 1 is 1.59 bits per heavy atom. The molecular formula is C11H18N2O3S. The van der Waals surface area contributed by atoms with Crippen molar-refractivity contribution in [3.8, 4) is 12.3 Å². The Labute approximate surface area is 103 Å². The minimum atomic E-state index is -3.31. The highest BCUT2D eigenvalue weighted by atomic mass is 32.2. The lowest BCUT2D eigenvalue weighted by atomic mass is 10.2. The zero-order valence-electron chi connectivity index (χ0n) is 9.98. The summed E-state index contributed by atoms with van der Waals surface area (Å²) in [6.07, 6.45) is 6.89. The lowest BCUT2D eigenvalue weighted by Crippen LogP contribution is -2.46. The van der Waals surface area contributed by atoms with Crippen molar-refractivity contribution >= 4 is 15.9 Å². The molecule has 1 fully saturated rings. The van der Waals surface area contributed by atoms with Crippen LogP contribution in [0, 0.1) is 12.3 Å². The number of sulfonamides is 1. The van der Waals surface area contributed by atoms with Crippen LogP contribution in [0.15, 0.2) is 0 Å². The van der Waals surface area contributed by atoms with E-state index in [-0.39, 0.29) is 18.2 Å². The van der Waals surface area contributed by atoms with E-state index in [2.05, 4.69) is 11.2 Å². The van der Waals surface area contributed by atoms with Gasteiger partial charge >= 0.3 is 0 Å². The summed E-state index contributed by atoms with van der Waals surface area (Å²) in [5.41, 5.74) is 0. The van der Waals surface area contributed by atoms with Crippen LogP contribution in [0.4, 0.5) is 0 Å². The summed E-state index contributed by atoms with van der Waals surface area (Å²) in [6, 6.07) is -0.583. The fourth-order valence-electron chi connectivity index (χ4n) is 1.97. The van der Waals surface area contributed by atoms with E-state index in [1.165, 1.54) is 4.31 Å². The molecule has 0 radical (unpaired) electrons. The van der Waals surface area contributed by atoms with Crippen molar-refractivity contribution in [1.29, 1.82) is 0 Å². The maximum atomic E-state index is 11.9. The maximum absolute atomic E-state index is 11.9. The Kier molecular flexibility index (Phi) is 4.97. The second kappa shape index (κ2) is 6.03.